The molecule has 2 saturated heterocycles. The molecule has 1 amide bonds. The third kappa shape index (κ3) is 4.82. The molecule has 170 valence electrons. The van der Waals surface area contributed by atoms with E-state index in [0.29, 0.717) is 19.7 Å². The molecule has 2 fully saturated rings. The Morgan fingerprint density at radius 3 is 2.65 bits per heavy atom. The van der Waals surface area contributed by atoms with Crippen molar-refractivity contribution >= 4 is 5.91 Å². The lowest BCUT2D eigenvalue weighted by molar-refractivity contribution is -0.133. The molecule has 0 radical (unpaired) electrons. The molecule has 4 heterocycles. The van der Waals surface area contributed by atoms with Crippen LogP contribution in [-0.2, 0) is 26.2 Å². The van der Waals surface area contributed by atoms with Crippen molar-refractivity contribution in [2.75, 3.05) is 40.0 Å². The molecule has 0 spiro atoms. The van der Waals surface area contributed by atoms with Crippen molar-refractivity contribution in [3.8, 4) is 0 Å². The Balaban J connectivity index is 1.44. The fraction of sp³-hybridized carbons (Fsp3) is 0.727. The molecule has 31 heavy (non-hydrogen) atoms. The number of ether oxygens (including phenoxy) is 2. The van der Waals surface area contributed by atoms with E-state index in [1.807, 2.05) is 24.8 Å². The van der Waals surface area contributed by atoms with E-state index in [1.54, 1.807) is 11.8 Å². The molecule has 0 unspecified atom stereocenters. The molecule has 0 bridgehead atoms. The first kappa shape index (κ1) is 22.0. The SMILES string of the molecule is COCCC1(c2noc(C3CCOCC3)n2)CCN(C(=O)Cn2nc(C)cc2C)CC1. The molecule has 2 aliphatic rings. The van der Waals surface area contributed by atoms with Gasteiger partial charge in [0.2, 0.25) is 11.8 Å². The molecule has 2 aromatic heterocycles. The normalized spacial score (nSPS) is 19.6. The van der Waals surface area contributed by atoms with Crippen LogP contribution in [-0.4, -0.2) is 70.7 Å². The standard InChI is InChI=1S/C22H33N5O4/c1-16-14-17(2)27(24-16)15-19(28)26-9-6-22(7-10-26,8-13-29-3)21-23-20(31-25-21)18-4-11-30-12-5-18/h14,18H,4-13,15H2,1-3H3. The third-order valence-electron chi connectivity index (χ3n) is 6.73. The van der Waals surface area contributed by atoms with Crippen LogP contribution in [0, 0.1) is 13.8 Å². The van der Waals surface area contributed by atoms with E-state index < -0.39 is 0 Å². The highest BCUT2D eigenvalue weighted by molar-refractivity contribution is 5.76. The van der Waals surface area contributed by atoms with Crippen LogP contribution in [0.1, 0.15) is 61.1 Å². The maximum Gasteiger partial charge on any atom is 0.244 e. The van der Waals surface area contributed by atoms with Gasteiger partial charge in [-0.3, -0.25) is 9.48 Å². The van der Waals surface area contributed by atoms with Gasteiger partial charge in [0.05, 0.1) is 5.69 Å². The van der Waals surface area contributed by atoms with E-state index in [4.69, 9.17) is 19.0 Å². The first-order valence-corrected chi connectivity index (χ1v) is 11.2. The van der Waals surface area contributed by atoms with Gasteiger partial charge in [0, 0.05) is 57.0 Å². The molecular formula is C22H33N5O4. The molecule has 0 saturated carbocycles. The molecular weight excluding hydrogens is 398 g/mol. The van der Waals surface area contributed by atoms with Crippen molar-refractivity contribution in [1.29, 1.82) is 0 Å². The van der Waals surface area contributed by atoms with Crippen LogP contribution < -0.4 is 0 Å². The number of likely N-dealkylation sites (tertiary alicyclic amines) is 1. The van der Waals surface area contributed by atoms with Crippen molar-refractivity contribution in [1.82, 2.24) is 24.8 Å². The van der Waals surface area contributed by atoms with E-state index in [0.717, 1.165) is 68.4 Å². The van der Waals surface area contributed by atoms with Crippen molar-refractivity contribution in [2.45, 2.75) is 63.8 Å². The molecule has 9 nitrogen and oxygen atoms in total. The lowest BCUT2D eigenvalue weighted by Gasteiger charge is -2.39. The number of carbonyl (C=O) groups excluding carboxylic acids is 1. The average Bonchev–Trinajstić information content (AvgIpc) is 3.40. The summed E-state index contributed by atoms with van der Waals surface area (Å²) in [5.74, 6) is 1.86. The monoisotopic (exact) mass is 431 g/mol. The molecule has 2 aliphatic heterocycles. The largest absolute Gasteiger partial charge is 0.385 e. The Hall–Kier alpha value is -2.26. The second-order valence-electron chi connectivity index (χ2n) is 8.83. The average molecular weight is 432 g/mol. The summed E-state index contributed by atoms with van der Waals surface area (Å²) in [6.45, 7) is 7.64. The van der Waals surface area contributed by atoms with Gasteiger partial charge >= 0.3 is 0 Å². The predicted octanol–water partition coefficient (Wildman–Crippen LogP) is 2.37. The highest BCUT2D eigenvalue weighted by atomic mass is 16.5. The molecule has 0 atom stereocenters. The summed E-state index contributed by atoms with van der Waals surface area (Å²) in [5, 5.41) is 8.81. The van der Waals surface area contributed by atoms with Gasteiger partial charge in [-0.25, -0.2) is 0 Å². The number of aromatic nitrogens is 4. The number of amides is 1. The quantitative estimate of drug-likeness (QED) is 0.664. The van der Waals surface area contributed by atoms with Crippen LogP contribution in [0.15, 0.2) is 10.6 Å². The third-order valence-corrected chi connectivity index (χ3v) is 6.73. The predicted molar refractivity (Wildman–Crippen MR) is 113 cm³/mol. The van der Waals surface area contributed by atoms with Crippen LogP contribution in [0.25, 0.3) is 0 Å². The van der Waals surface area contributed by atoms with Gasteiger partial charge in [0.25, 0.3) is 0 Å². The highest BCUT2D eigenvalue weighted by Crippen LogP contribution is 2.38. The first-order valence-electron chi connectivity index (χ1n) is 11.2. The Bertz CT molecular complexity index is 878. The van der Waals surface area contributed by atoms with Gasteiger partial charge in [0.15, 0.2) is 5.82 Å². The van der Waals surface area contributed by atoms with Gasteiger partial charge < -0.3 is 18.9 Å². The minimum absolute atomic E-state index is 0.0996. The maximum absolute atomic E-state index is 12.9. The Morgan fingerprint density at radius 1 is 1.26 bits per heavy atom. The van der Waals surface area contributed by atoms with Gasteiger partial charge in [-0.05, 0) is 52.0 Å². The zero-order valence-electron chi connectivity index (χ0n) is 18.8. The van der Waals surface area contributed by atoms with Crippen LogP contribution in [0.3, 0.4) is 0 Å². The number of aryl methyl sites for hydroxylation is 2. The fourth-order valence-corrected chi connectivity index (χ4v) is 4.69. The second-order valence-corrected chi connectivity index (χ2v) is 8.83. The molecule has 0 aromatic carbocycles. The molecule has 0 N–H and O–H groups in total. The van der Waals surface area contributed by atoms with E-state index in [1.165, 1.54) is 0 Å². The molecule has 0 aliphatic carbocycles. The number of nitrogens with zero attached hydrogens (tertiary/aromatic N) is 5. The summed E-state index contributed by atoms with van der Waals surface area (Å²) < 4.78 is 18.3. The Kier molecular flexibility index (Phi) is 6.71. The number of methoxy groups -OCH3 is 1. The van der Waals surface area contributed by atoms with Crippen LogP contribution in [0.2, 0.25) is 0 Å². The lowest BCUT2D eigenvalue weighted by atomic mass is 9.75. The minimum Gasteiger partial charge on any atom is -0.385 e. The fourth-order valence-electron chi connectivity index (χ4n) is 4.69. The van der Waals surface area contributed by atoms with E-state index >= 15 is 0 Å². The van der Waals surface area contributed by atoms with Crippen LogP contribution in [0.5, 0.6) is 0 Å². The highest BCUT2D eigenvalue weighted by Gasteiger charge is 2.41. The summed E-state index contributed by atoms with van der Waals surface area (Å²) in [5.41, 5.74) is 1.71. The van der Waals surface area contributed by atoms with Crippen LogP contribution in [0.4, 0.5) is 0 Å². The summed E-state index contributed by atoms with van der Waals surface area (Å²) in [4.78, 5) is 19.6. The summed E-state index contributed by atoms with van der Waals surface area (Å²) in [6, 6.07) is 1.99. The zero-order chi connectivity index (χ0) is 21.8. The molecule has 2 aromatic rings. The number of hydrogen-bond donors (Lipinski definition) is 0. The first-order chi connectivity index (χ1) is 15.0. The lowest BCUT2D eigenvalue weighted by Crippen LogP contribution is -2.47. The summed E-state index contributed by atoms with van der Waals surface area (Å²) in [7, 11) is 1.71. The second kappa shape index (κ2) is 9.48. The van der Waals surface area contributed by atoms with Crippen molar-refractivity contribution < 1.29 is 18.8 Å². The van der Waals surface area contributed by atoms with Gasteiger partial charge in [-0.1, -0.05) is 5.16 Å². The van der Waals surface area contributed by atoms with Gasteiger partial charge in [0.1, 0.15) is 6.54 Å². The van der Waals surface area contributed by atoms with Crippen molar-refractivity contribution in [2.24, 2.45) is 0 Å². The van der Waals surface area contributed by atoms with Crippen LogP contribution >= 0.6 is 0 Å². The molecule has 9 heteroatoms. The Labute approximate surface area is 183 Å². The number of hydrogen-bond acceptors (Lipinski definition) is 7. The maximum atomic E-state index is 12.9. The summed E-state index contributed by atoms with van der Waals surface area (Å²) in [6.07, 6.45) is 4.25. The number of carbonyl (C=O) groups is 1. The minimum atomic E-state index is -0.224. The smallest absolute Gasteiger partial charge is 0.244 e. The topological polar surface area (TPSA) is 95.5 Å². The van der Waals surface area contributed by atoms with Gasteiger partial charge in [-0.2, -0.15) is 10.1 Å². The van der Waals surface area contributed by atoms with E-state index in [9.17, 15) is 4.79 Å². The van der Waals surface area contributed by atoms with E-state index in [2.05, 4.69) is 10.3 Å². The van der Waals surface area contributed by atoms with Crippen molar-refractivity contribution in [3.05, 3.63) is 29.2 Å². The number of piperidine rings is 1. The van der Waals surface area contributed by atoms with Crippen molar-refractivity contribution in [3.63, 3.8) is 0 Å². The zero-order valence-corrected chi connectivity index (χ0v) is 18.8. The van der Waals surface area contributed by atoms with E-state index in [-0.39, 0.29) is 23.8 Å². The Morgan fingerprint density at radius 2 is 2.00 bits per heavy atom. The molecule has 4 rings (SSSR count). The summed E-state index contributed by atoms with van der Waals surface area (Å²) >= 11 is 0. The van der Waals surface area contributed by atoms with Gasteiger partial charge in [-0.15, -0.1) is 0 Å². The number of rotatable bonds is 7.